The number of amides is 1. The monoisotopic (exact) mass is 445 g/mol. The molecule has 2 heterocycles. The zero-order chi connectivity index (χ0) is 21.8. The van der Waals surface area contributed by atoms with Gasteiger partial charge in [-0.25, -0.2) is 9.59 Å². The zero-order valence-electron chi connectivity index (χ0n) is 17.1. The molecule has 1 aromatic heterocycles. The molecule has 1 atom stereocenters. The van der Waals surface area contributed by atoms with Gasteiger partial charge in [-0.1, -0.05) is 18.6 Å². The van der Waals surface area contributed by atoms with Crippen LogP contribution in [0.3, 0.4) is 0 Å². The molecule has 0 saturated heterocycles. The molecule has 0 bridgehead atoms. The highest BCUT2D eigenvalue weighted by Gasteiger charge is 2.30. The Bertz CT molecular complexity index is 1000. The number of thiophene rings is 1. The van der Waals surface area contributed by atoms with Crippen LogP contribution in [-0.2, 0) is 31.9 Å². The first-order valence-corrected chi connectivity index (χ1v) is 11.0. The van der Waals surface area contributed by atoms with Gasteiger partial charge in [0.1, 0.15) is 11.6 Å². The summed E-state index contributed by atoms with van der Waals surface area (Å²) in [6.07, 6.45) is 3.84. The molecule has 2 aliphatic rings. The lowest BCUT2D eigenvalue weighted by Crippen LogP contribution is -2.39. The molecule has 1 aromatic carbocycles. The number of aryl methyl sites for hydroxylation is 1. The molecule has 2 aromatic rings. The minimum Gasteiger partial charge on any atom is -0.485 e. The van der Waals surface area contributed by atoms with Crippen LogP contribution < -0.4 is 14.8 Å². The van der Waals surface area contributed by atoms with Crippen molar-refractivity contribution >= 4 is 34.2 Å². The van der Waals surface area contributed by atoms with E-state index in [1.165, 1.54) is 18.4 Å². The van der Waals surface area contributed by atoms with Gasteiger partial charge in [0, 0.05) is 4.88 Å². The van der Waals surface area contributed by atoms with Crippen LogP contribution in [-0.4, -0.2) is 44.3 Å². The van der Waals surface area contributed by atoms with Crippen molar-refractivity contribution in [1.29, 1.82) is 0 Å². The first-order chi connectivity index (χ1) is 15.1. The summed E-state index contributed by atoms with van der Waals surface area (Å²) in [6, 6.07) is 7.01. The Morgan fingerprint density at radius 2 is 1.90 bits per heavy atom. The van der Waals surface area contributed by atoms with Crippen molar-refractivity contribution in [2.75, 3.05) is 25.6 Å². The zero-order valence-corrected chi connectivity index (χ0v) is 17.9. The van der Waals surface area contributed by atoms with Gasteiger partial charge in [0.2, 0.25) is 6.10 Å². The van der Waals surface area contributed by atoms with E-state index in [1.807, 2.05) is 0 Å². The first kappa shape index (κ1) is 21.2. The lowest BCUT2D eigenvalue weighted by molar-refractivity contribution is -0.156. The van der Waals surface area contributed by atoms with Crippen molar-refractivity contribution in [1.82, 2.24) is 0 Å². The molecule has 0 radical (unpaired) electrons. The predicted octanol–water partition coefficient (Wildman–Crippen LogP) is 3.13. The highest BCUT2D eigenvalue weighted by Crippen LogP contribution is 2.38. The fraction of sp³-hybridized carbons (Fsp3) is 0.409. The van der Waals surface area contributed by atoms with Crippen molar-refractivity contribution in [2.24, 2.45) is 0 Å². The van der Waals surface area contributed by atoms with E-state index in [0.717, 1.165) is 42.5 Å². The number of ether oxygens (including phenoxy) is 4. The lowest BCUT2D eigenvalue weighted by atomic mass is 10.1. The van der Waals surface area contributed by atoms with Crippen LogP contribution in [0.25, 0.3) is 0 Å². The Labute approximate surface area is 183 Å². The summed E-state index contributed by atoms with van der Waals surface area (Å²) in [5, 5.41) is 3.14. The number of fused-ring (bicyclic) bond motifs is 2. The van der Waals surface area contributed by atoms with E-state index in [2.05, 4.69) is 5.32 Å². The quantitative estimate of drug-likeness (QED) is 0.557. The smallest absolute Gasteiger partial charge is 0.351 e. The van der Waals surface area contributed by atoms with E-state index in [9.17, 15) is 14.4 Å². The molecule has 164 valence electrons. The number of esters is 2. The second-order valence-electron chi connectivity index (χ2n) is 7.28. The second kappa shape index (κ2) is 9.38. The minimum atomic E-state index is -0.953. The van der Waals surface area contributed by atoms with E-state index in [1.54, 1.807) is 24.3 Å². The number of para-hydroxylation sites is 2. The first-order valence-electron chi connectivity index (χ1n) is 10.1. The number of nitrogens with one attached hydrogen (secondary N) is 1. The lowest BCUT2D eigenvalue weighted by Gasteiger charge is -2.24. The predicted molar refractivity (Wildman–Crippen MR) is 113 cm³/mol. The Balaban J connectivity index is 1.38. The molecular formula is C22H23NO7S. The highest BCUT2D eigenvalue weighted by molar-refractivity contribution is 7.17. The van der Waals surface area contributed by atoms with Gasteiger partial charge in [-0.15, -0.1) is 11.3 Å². The van der Waals surface area contributed by atoms with E-state index >= 15 is 0 Å². The van der Waals surface area contributed by atoms with Crippen molar-refractivity contribution in [3.63, 3.8) is 0 Å². The number of anilines is 1. The van der Waals surface area contributed by atoms with Crippen molar-refractivity contribution in [3.05, 3.63) is 40.3 Å². The van der Waals surface area contributed by atoms with Gasteiger partial charge in [-0.2, -0.15) is 0 Å². The maximum absolute atomic E-state index is 12.4. The van der Waals surface area contributed by atoms with Crippen molar-refractivity contribution in [3.8, 4) is 11.5 Å². The SMILES string of the molecule is COC(=O)c1c(NC(=O)COC(=O)[C@H]2COc3ccccc3O2)sc2c1CCCCC2. The van der Waals surface area contributed by atoms with Gasteiger partial charge in [0.05, 0.1) is 12.7 Å². The average molecular weight is 445 g/mol. The molecule has 8 nitrogen and oxygen atoms in total. The van der Waals surface area contributed by atoms with Crippen LogP contribution in [0.4, 0.5) is 5.00 Å². The van der Waals surface area contributed by atoms with Gasteiger partial charge in [-0.3, -0.25) is 4.79 Å². The molecule has 0 unspecified atom stereocenters. The normalized spacial score (nSPS) is 17.1. The van der Waals surface area contributed by atoms with Crippen molar-refractivity contribution < 1.29 is 33.3 Å². The minimum absolute atomic E-state index is 0.00159. The van der Waals surface area contributed by atoms with Gasteiger partial charge in [-0.05, 0) is 43.4 Å². The summed E-state index contributed by atoms with van der Waals surface area (Å²) in [5.74, 6) is -0.704. The topological polar surface area (TPSA) is 100 Å². The van der Waals surface area contributed by atoms with Crippen LogP contribution in [0.5, 0.6) is 11.5 Å². The van der Waals surface area contributed by atoms with Crippen LogP contribution in [0.15, 0.2) is 24.3 Å². The molecule has 31 heavy (non-hydrogen) atoms. The summed E-state index contributed by atoms with van der Waals surface area (Å²) in [5.41, 5.74) is 1.36. The number of rotatable bonds is 5. The number of benzene rings is 1. The summed E-state index contributed by atoms with van der Waals surface area (Å²) < 4.78 is 21.1. The fourth-order valence-electron chi connectivity index (χ4n) is 3.68. The third-order valence-electron chi connectivity index (χ3n) is 5.18. The molecule has 9 heteroatoms. The standard InChI is InChI=1S/C22H23NO7S/c1-27-22(26)19-13-7-3-2-4-10-17(13)31-20(19)23-18(24)12-29-21(25)16-11-28-14-8-5-6-9-15(14)30-16/h5-6,8-9,16H,2-4,7,10-12H2,1H3,(H,23,24)/t16-/m1/s1. The largest absolute Gasteiger partial charge is 0.485 e. The van der Waals surface area contributed by atoms with Gasteiger partial charge in [0.15, 0.2) is 18.1 Å². The van der Waals surface area contributed by atoms with E-state index in [-0.39, 0.29) is 6.61 Å². The number of carbonyl (C=O) groups excluding carboxylic acids is 3. The molecule has 4 rings (SSSR count). The summed E-state index contributed by atoms with van der Waals surface area (Å²) in [6.45, 7) is -0.495. The van der Waals surface area contributed by atoms with Crippen LogP contribution in [0.1, 0.15) is 40.1 Å². The molecule has 0 saturated carbocycles. The molecule has 1 aliphatic heterocycles. The summed E-state index contributed by atoms with van der Waals surface area (Å²) in [4.78, 5) is 38.2. The molecule has 0 fully saturated rings. The van der Waals surface area contributed by atoms with Gasteiger partial charge in [0.25, 0.3) is 5.91 Å². The molecule has 1 amide bonds. The van der Waals surface area contributed by atoms with E-state index in [4.69, 9.17) is 18.9 Å². The fourth-order valence-corrected chi connectivity index (χ4v) is 4.97. The highest BCUT2D eigenvalue weighted by atomic mass is 32.1. The maximum atomic E-state index is 12.4. The van der Waals surface area contributed by atoms with E-state index in [0.29, 0.717) is 22.1 Å². The van der Waals surface area contributed by atoms with Gasteiger partial charge < -0.3 is 24.3 Å². The van der Waals surface area contributed by atoms with Gasteiger partial charge >= 0.3 is 11.9 Å². The maximum Gasteiger partial charge on any atom is 0.351 e. The molecule has 1 aliphatic carbocycles. The summed E-state index contributed by atoms with van der Waals surface area (Å²) in [7, 11) is 1.32. The number of methoxy groups -OCH3 is 1. The Hall–Kier alpha value is -3.07. The number of hydrogen-bond acceptors (Lipinski definition) is 8. The average Bonchev–Trinajstić information content (AvgIpc) is 2.96. The second-order valence-corrected chi connectivity index (χ2v) is 8.39. The third-order valence-corrected chi connectivity index (χ3v) is 6.39. The van der Waals surface area contributed by atoms with Crippen molar-refractivity contribution in [2.45, 2.75) is 38.2 Å². The number of hydrogen-bond donors (Lipinski definition) is 1. The van der Waals surface area contributed by atoms with Crippen LogP contribution in [0.2, 0.25) is 0 Å². The Kier molecular flexibility index (Phi) is 6.41. The third kappa shape index (κ3) is 4.66. The number of carbonyl (C=O) groups is 3. The Morgan fingerprint density at radius 3 is 2.71 bits per heavy atom. The summed E-state index contributed by atoms with van der Waals surface area (Å²) >= 11 is 1.38. The molecule has 1 N–H and O–H groups in total. The molecule has 0 spiro atoms. The molecular weight excluding hydrogens is 422 g/mol. The Morgan fingerprint density at radius 1 is 1.13 bits per heavy atom. The van der Waals surface area contributed by atoms with Crippen LogP contribution in [0, 0.1) is 0 Å². The van der Waals surface area contributed by atoms with E-state index < -0.39 is 30.6 Å². The van der Waals surface area contributed by atoms with Crippen LogP contribution >= 0.6 is 11.3 Å².